The van der Waals surface area contributed by atoms with E-state index in [9.17, 15) is 0 Å². The molecule has 0 bridgehead atoms. The van der Waals surface area contributed by atoms with Crippen molar-refractivity contribution >= 4 is 0 Å². The Balaban J connectivity index is 1.09. The molecule has 10 heteroatoms. The van der Waals surface area contributed by atoms with E-state index in [0.29, 0.717) is 0 Å². The number of aromatic nitrogens is 6. The van der Waals surface area contributed by atoms with Crippen LogP contribution in [0.5, 0.6) is 11.5 Å². The molecule has 0 atom stereocenters. The number of ether oxygens (including phenoxy) is 2. The number of nitrogens with zero attached hydrogens (tertiary/aromatic N) is 8. The molecule has 0 unspecified atom stereocenters. The van der Waals surface area contributed by atoms with Gasteiger partial charge in [0.05, 0.1) is 25.6 Å². The van der Waals surface area contributed by atoms with Gasteiger partial charge in [-0.3, -0.25) is 9.36 Å². The van der Waals surface area contributed by atoms with Crippen molar-refractivity contribution in [1.82, 2.24) is 39.8 Å². The van der Waals surface area contributed by atoms with E-state index in [1.54, 1.807) is 0 Å². The average Bonchev–Trinajstić information content (AvgIpc) is 3.75. The Bertz CT molecular complexity index is 1600. The summed E-state index contributed by atoms with van der Waals surface area (Å²) in [7, 11) is 8.33. The van der Waals surface area contributed by atoms with Gasteiger partial charge in [0.2, 0.25) is 0 Å². The zero-order chi connectivity index (χ0) is 33.9. The second-order valence-electron chi connectivity index (χ2n) is 13.0. The van der Waals surface area contributed by atoms with Crippen LogP contribution in [-0.2, 0) is 25.9 Å². The molecule has 0 saturated carbocycles. The Kier molecular flexibility index (Phi) is 12.3. The SMILES string of the molecule is Cc1cc(CCn2cc(-c3ccc(-c4cn(CCc5ccc(OCCCN(C)C)c(C)c5)nn4)cc3)nn2)ccc1OCCCN(C)C. The Hall–Kier alpha value is -4.54. The highest BCUT2D eigenvalue weighted by molar-refractivity contribution is 5.65. The number of hydrogen-bond donors (Lipinski definition) is 0. The predicted octanol–water partition coefficient (Wildman–Crippen LogP) is 5.97. The van der Waals surface area contributed by atoms with Crippen molar-refractivity contribution in [1.29, 1.82) is 0 Å². The molecule has 2 aromatic heterocycles. The molecule has 0 aliphatic heterocycles. The van der Waals surface area contributed by atoms with E-state index in [1.165, 1.54) is 11.1 Å². The molecule has 0 amide bonds. The normalized spacial score (nSPS) is 11.5. The maximum Gasteiger partial charge on any atom is 0.122 e. The minimum absolute atomic E-state index is 0.728. The maximum absolute atomic E-state index is 5.98. The van der Waals surface area contributed by atoms with Crippen LogP contribution in [0.3, 0.4) is 0 Å². The summed E-state index contributed by atoms with van der Waals surface area (Å²) >= 11 is 0. The van der Waals surface area contributed by atoms with Crippen LogP contribution >= 0.6 is 0 Å². The van der Waals surface area contributed by atoms with Crippen LogP contribution in [0.1, 0.15) is 35.1 Å². The second-order valence-corrected chi connectivity index (χ2v) is 13.0. The van der Waals surface area contributed by atoms with Gasteiger partial charge < -0.3 is 19.3 Å². The first-order valence-electron chi connectivity index (χ1n) is 16.9. The fourth-order valence-electron chi connectivity index (χ4n) is 5.56. The second kappa shape index (κ2) is 17.0. The van der Waals surface area contributed by atoms with Gasteiger partial charge in [-0.15, -0.1) is 10.2 Å². The summed E-state index contributed by atoms with van der Waals surface area (Å²) in [6, 6.07) is 21.1. The summed E-state index contributed by atoms with van der Waals surface area (Å²) in [6.07, 6.45) is 7.78. The molecule has 48 heavy (non-hydrogen) atoms. The smallest absolute Gasteiger partial charge is 0.122 e. The molecule has 0 spiro atoms. The lowest BCUT2D eigenvalue weighted by Gasteiger charge is -2.13. The molecule has 254 valence electrons. The average molecular weight is 651 g/mol. The van der Waals surface area contributed by atoms with E-state index in [2.05, 4.69) is 133 Å². The third-order valence-electron chi connectivity index (χ3n) is 8.31. The molecule has 3 aromatic carbocycles. The summed E-state index contributed by atoms with van der Waals surface area (Å²) in [5.74, 6) is 1.92. The van der Waals surface area contributed by atoms with Gasteiger partial charge >= 0.3 is 0 Å². The van der Waals surface area contributed by atoms with Crippen molar-refractivity contribution in [3.63, 3.8) is 0 Å². The van der Waals surface area contributed by atoms with Crippen molar-refractivity contribution < 1.29 is 9.47 Å². The molecule has 0 N–H and O–H groups in total. The van der Waals surface area contributed by atoms with Crippen molar-refractivity contribution in [2.75, 3.05) is 54.5 Å². The van der Waals surface area contributed by atoms with E-state index >= 15 is 0 Å². The van der Waals surface area contributed by atoms with Gasteiger partial charge in [-0.2, -0.15) is 0 Å². The minimum Gasteiger partial charge on any atom is -0.493 e. The summed E-state index contributed by atoms with van der Waals surface area (Å²) in [5, 5.41) is 17.6. The first-order valence-corrected chi connectivity index (χ1v) is 16.9. The van der Waals surface area contributed by atoms with Crippen LogP contribution in [0, 0.1) is 13.8 Å². The van der Waals surface area contributed by atoms with E-state index < -0.39 is 0 Å². The lowest BCUT2D eigenvalue weighted by Crippen LogP contribution is -2.15. The van der Waals surface area contributed by atoms with Gasteiger partial charge in [0.25, 0.3) is 0 Å². The van der Waals surface area contributed by atoms with Crippen LogP contribution in [0.2, 0.25) is 0 Å². The molecule has 5 aromatic rings. The highest BCUT2D eigenvalue weighted by Gasteiger charge is 2.09. The van der Waals surface area contributed by atoms with Crippen LogP contribution < -0.4 is 9.47 Å². The molecule has 2 heterocycles. The van der Waals surface area contributed by atoms with Crippen LogP contribution in [0.15, 0.2) is 73.1 Å². The van der Waals surface area contributed by atoms with Crippen LogP contribution in [0.4, 0.5) is 0 Å². The molecule has 0 aliphatic rings. The van der Waals surface area contributed by atoms with Crippen molar-refractivity contribution in [3.8, 4) is 34.0 Å². The predicted molar refractivity (Wildman–Crippen MR) is 192 cm³/mol. The zero-order valence-corrected chi connectivity index (χ0v) is 29.4. The summed E-state index contributed by atoms with van der Waals surface area (Å²) in [5.41, 5.74) is 8.57. The van der Waals surface area contributed by atoms with E-state index in [1.807, 2.05) is 21.8 Å². The topological polar surface area (TPSA) is 86.4 Å². The largest absolute Gasteiger partial charge is 0.493 e. The Labute approximate surface area is 285 Å². The monoisotopic (exact) mass is 650 g/mol. The number of benzene rings is 3. The van der Waals surface area contributed by atoms with E-state index in [-0.39, 0.29) is 0 Å². The van der Waals surface area contributed by atoms with Crippen LogP contribution in [0.25, 0.3) is 22.5 Å². The summed E-state index contributed by atoms with van der Waals surface area (Å²) < 4.78 is 15.8. The lowest BCUT2D eigenvalue weighted by atomic mass is 10.1. The third kappa shape index (κ3) is 10.2. The Morgan fingerprint density at radius 2 is 1.00 bits per heavy atom. The van der Waals surface area contributed by atoms with Gasteiger partial charge in [0.1, 0.15) is 22.9 Å². The van der Waals surface area contributed by atoms with Gasteiger partial charge in [0.15, 0.2) is 0 Å². The quantitative estimate of drug-likeness (QED) is 0.107. The van der Waals surface area contributed by atoms with Crippen molar-refractivity contribution in [2.45, 2.75) is 52.6 Å². The zero-order valence-electron chi connectivity index (χ0n) is 29.4. The summed E-state index contributed by atoms with van der Waals surface area (Å²) in [4.78, 5) is 4.35. The minimum atomic E-state index is 0.728. The first kappa shape index (κ1) is 34.8. The highest BCUT2D eigenvalue weighted by Crippen LogP contribution is 2.24. The maximum atomic E-state index is 5.98. The van der Waals surface area contributed by atoms with E-state index in [0.717, 1.165) is 110 Å². The molecule has 0 fully saturated rings. The van der Waals surface area contributed by atoms with Gasteiger partial charge in [-0.05, 0) is 102 Å². The molecular weight excluding hydrogens is 600 g/mol. The Morgan fingerprint density at radius 1 is 0.583 bits per heavy atom. The molecule has 10 nitrogen and oxygen atoms in total. The fourth-order valence-corrected chi connectivity index (χ4v) is 5.56. The standard InChI is InChI=1S/C38H50N8O2/c1-29-25-31(9-15-37(29)47-23-7-19-43(3)4)17-21-45-27-35(39-41-45)33-11-13-34(14-12-33)36-28-46(42-40-36)22-18-32-10-16-38(30(2)26-32)48-24-8-20-44(5)6/h9-16,25-28H,7-8,17-24H2,1-6H3. The number of rotatable bonds is 18. The lowest BCUT2D eigenvalue weighted by molar-refractivity contribution is 0.280. The van der Waals surface area contributed by atoms with Crippen molar-refractivity contribution in [2.24, 2.45) is 0 Å². The molecule has 0 radical (unpaired) electrons. The van der Waals surface area contributed by atoms with Gasteiger partial charge in [-0.1, -0.05) is 59.0 Å². The highest BCUT2D eigenvalue weighted by atomic mass is 16.5. The fraction of sp³-hybridized carbons (Fsp3) is 0.421. The molecule has 5 rings (SSSR count). The number of aryl methyl sites for hydroxylation is 6. The Morgan fingerprint density at radius 3 is 1.38 bits per heavy atom. The number of hydrogen-bond acceptors (Lipinski definition) is 8. The van der Waals surface area contributed by atoms with Gasteiger partial charge in [-0.25, -0.2) is 0 Å². The molecule has 0 saturated heterocycles. The molecular formula is C38H50N8O2. The summed E-state index contributed by atoms with van der Waals surface area (Å²) in [6.45, 7) is 9.22. The first-order chi connectivity index (χ1) is 23.2. The van der Waals surface area contributed by atoms with Crippen molar-refractivity contribution in [3.05, 3.63) is 95.3 Å². The van der Waals surface area contributed by atoms with Crippen LogP contribution in [-0.4, -0.2) is 94.3 Å². The van der Waals surface area contributed by atoms with Gasteiger partial charge in [0, 0.05) is 37.3 Å². The molecule has 0 aliphatic carbocycles. The third-order valence-corrected chi connectivity index (χ3v) is 8.31. The van der Waals surface area contributed by atoms with E-state index in [4.69, 9.17) is 9.47 Å².